The molecule has 2 rings (SSSR count). The van der Waals surface area contributed by atoms with Crippen molar-refractivity contribution in [2.75, 3.05) is 0 Å². The van der Waals surface area contributed by atoms with E-state index in [1.54, 1.807) is 18.2 Å². The molecule has 0 saturated carbocycles. The maximum absolute atomic E-state index is 10.8. The van der Waals surface area contributed by atoms with Crippen LogP contribution in [0.3, 0.4) is 0 Å². The topological polar surface area (TPSA) is 74.4 Å². The van der Waals surface area contributed by atoms with Gasteiger partial charge in [0.25, 0.3) is 0 Å². The van der Waals surface area contributed by atoms with Crippen LogP contribution in [0.1, 0.15) is 0 Å². The van der Waals surface area contributed by atoms with Gasteiger partial charge in [0, 0.05) is 0 Å². The zero-order valence-corrected chi connectivity index (χ0v) is 6.01. The van der Waals surface area contributed by atoms with E-state index in [0.29, 0.717) is 5.71 Å². The minimum Gasteiger partial charge on any atom is -0.479 e. The van der Waals surface area contributed by atoms with Crippen LogP contribution in [0.5, 0.6) is 0 Å². The zero-order valence-electron chi connectivity index (χ0n) is 6.01. The molecule has 1 aliphatic heterocycles. The van der Waals surface area contributed by atoms with Gasteiger partial charge < -0.3 is 5.11 Å². The van der Waals surface area contributed by atoms with Crippen LogP contribution in [-0.4, -0.2) is 22.3 Å². The first-order chi connectivity index (χ1) is 5.76. The second-order valence-corrected chi connectivity index (χ2v) is 2.46. The summed E-state index contributed by atoms with van der Waals surface area (Å²) in [7, 11) is 0. The molecular formula is C7H5N3O2. The fourth-order valence-corrected chi connectivity index (χ4v) is 1.11. The highest BCUT2D eigenvalue weighted by Gasteiger charge is 2.44. The summed E-state index contributed by atoms with van der Waals surface area (Å²) in [5, 5.41) is 19.4. The van der Waals surface area contributed by atoms with E-state index in [0.717, 1.165) is 0 Å². The molecule has 0 aromatic carbocycles. The Morgan fingerprint density at radius 1 is 1.50 bits per heavy atom. The molecule has 1 N–H and O–H groups in total. The molecule has 5 nitrogen and oxygen atoms in total. The number of carbonyl (C=O) groups is 1. The van der Waals surface area contributed by atoms with E-state index in [1.807, 2.05) is 0 Å². The van der Waals surface area contributed by atoms with Crippen molar-refractivity contribution in [2.24, 2.45) is 15.4 Å². The van der Waals surface area contributed by atoms with Crippen LogP contribution in [0, 0.1) is 0 Å². The predicted molar refractivity (Wildman–Crippen MR) is 40.9 cm³/mol. The lowest BCUT2D eigenvalue weighted by atomic mass is 9.91. The summed E-state index contributed by atoms with van der Waals surface area (Å²) in [6.45, 7) is 0. The van der Waals surface area contributed by atoms with Crippen molar-refractivity contribution in [2.45, 2.75) is 5.54 Å². The van der Waals surface area contributed by atoms with E-state index < -0.39 is 11.5 Å². The number of aliphatic carboxylic acids is 1. The normalized spacial score (nSPS) is 30.2. The van der Waals surface area contributed by atoms with Gasteiger partial charge >= 0.3 is 5.97 Å². The smallest absolute Gasteiger partial charge is 0.344 e. The summed E-state index contributed by atoms with van der Waals surface area (Å²) in [5.74, 6) is -1.05. The average Bonchev–Trinajstić information content (AvgIpc) is 2.48. The minimum atomic E-state index is -1.35. The van der Waals surface area contributed by atoms with Gasteiger partial charge in [-0.3, -0.25) is 0 Å². The van der Waals surface area contributed by atoms with Gasteiger partial charge in [0.1, 0.15) is 5.71 Å². The lowest BCUT2D eigenvalue weighted by Gasteiger charge is -2.16. The molecule has 0 saturated heterocycles. The summed E-state index contributed by atoms with van der Waals surface area (Å²) in [6, 6.07) is 0. The summed E-state index contributed by atoms with van der Waals surface area (Å²) >= 11 is 0. The van der Waals surface area contributed by atoms with Gasteiger partial charge in [-0.1, -0.05) is 12.2 Å². The molecule has 0 bridgehead atoms. The van der Waals surface area contributed by atoms with Crippen LogP contribution < -0.4 is 0 Å². The Morgan fingerprint density at radius 3 is 3.00 bits per heavy atom. The fraction of sp³-hybridized carbons (Fsp3) is 0.143. The Bertz CT molecular complexity index is 354. The van der Waals surface area contributed by atoms with Crippen LogP contribution in [-0.2, 0) is 4.79 Å². The standard InChI is InChI=1S/C7H5N3O2/c11-6(12)7-4-2-1-3-5(7)8-10-9-7/h1-4H,(H,11,12). The molecule has 1 aliphatic carbocycles. The molecule has 2 aliphatic rings. The number of carboxylic acids is 1. The third kappa shape index (κ3) is 0.674. The van der Waals surface area contributed by atoms with Crippen molar-refractivity contribution in [1.82, 2.24) is 0 Å². The van der Waals surface area contributed by atoms with Crippen LogP contribution in [0.4, 0.5) is 0 Å². The van der Waals surface area contributed by atoms with Gasteiger partial charge in [-0.2, -0.15) is 0 Å². The van der Waals surface area contributed by atoms with Crippen molar-refractivity contribution >= 4 is 11.7 Å². The molecule has 0 fully saturated rings. The molecule has 60 valence electrons. The molecule has 0 amide bonds. The first-order valence-corrected chi connectivity index (χ1v) is 3.35. The lowest BCUT2D eigenvalue weighted by Crippen LogP contribution is -2.41. The van der Waals surface area contributed by atoms with E-state index in [4.69, 9.17) is 5.11 Å². The molecule has 1 atom stereocenters. The second kappa shape index (κ2) is 2.10. The van der Waals surface area contributed by atoms with Gasteiger partial charge in [0.2, 0.25) is 5.54 Å². The van der Waals surface area contributed by atoms with Crippen LogP contribution in [0.25, 0.3) is 0 Å². The first kappa shape index (κ1) is 6.90. The van der Waals surface area contributed by atoms with Crippen molar-refractivity contribution in [3.8, 4) is 0 Å². The Kier molecular flexibility index (Phi) is 1.21. The molecule has 0 spiro atoms. The van der Waals surface area contributed by atoms with Crippen molar-refractivity contribution in [1.29, 1.82) is 0 Å². The van der Waals surface area contributed by atoms with Gasteiger partial charge in [0.15, 0.2) is 0 Å². The molecule has 12 heavy (non-hydrogen) atoms. The highest BCUT2D eigenvalue weighted by Crippen LogP contribution is 2.25. The molecule has 0 radical (unpaired) electrons. The Morgan fingerprint density at radius 2 is 2.33 bits per heavy atom. The summed E-state index contributed by atoms with van der Waals surface area (Å²) < 4.78 is 0. The Balaban J connectivity index is 2.54. The van der Waals surface area contributed by atoms with Gasteiger partial charge in [-0.15, -0.1) is 10.2 Å². The van der Waals surface area contributed by atoms with Gasteiger partial charge in [0.05, 0.1) is 0 Å². The molecular weight excluding hydrogens is 158 g/mol. The Hall–Kier alpha value is -1.78. The fourth-order valence-electron chi connectivity index (χ4n) is 1.11. The summed E-state index contributed by atoms with van der Waals surface area (Å²) in [5.41, 5.74) is -0.994. The molecule has 1 heterocycles. The maximum atomic E-state index is 10.8. The van der Waals surface area contributed by atoms with Gasteiger partial charge in [-0.25, -0.2) is 4.79 Å². The van der Waals surface area contributed by atoms with Crippen molar-refractivity contribution in [3.05, 3.63) is 24.3 Å². The minimum absolute atomic E-state index is 0.359. The third-order valence-corrected chi connectivity index (χ3v) is 1.77. The van der Waals surface area contributed by atoms with E-state index >= 15 is 0 Å². The van der Waals surface area contributed by atoms with Crippen molar-refractivity contribution < 1.29 is 9.90 Å². The average molecular weight is 163 g/mol. The SMILES string of the molecule is O=C(O)C12C=CC=CC1=NN=N2. The largest absolute Gasteiger partial charge is 0.479 e. The number of fused-ring (bicyclic) bond motifs is 1. The van der Waals surface area contributed by atoms with Crippen LogP contribution in [0.15, 0.2) is 39.7 Å². The quantitative estimate of drug-likeness (QED) is 0.619. The lowest BCUT2D eigenvalue weighted by molar-refractivity contribution is -0.139. The van der Waals surface area contributed by atoms with Crippen LogP contribution >= 0.6 is 0 Å². The first-order valence-electron chi connectivity index (χ1n) is 3.35. The molecule has 1 unspecified atom stereocenters. The second-order valence-electron chi connectivity index (χ2n) is 2.46. The molecule has 5 heteroatoms. The molecule has 0 aromatic heterocycles. The van der Waals surface area contributed by atoms with Gasteiger partial charge in [-0.05, 0) is 17.4 Å². The predicted octanol–water partition coefficient (Wildman–Crippen LogP) is 0.758. The van der Waals surface area contributed by atoms with Crippen molar-refractivity contribution in [3.63, 3.8) is 0 Å². The number of allylic oxidation sites excluding steroid dienone is 2. The summed E-state index contributed by atoms with van der Waals surface area (Å²) in [4.78, 5) is 10.8. The van der Waals surface area contributed by atoms with E-state index in [2.05, 4.69) is 15.4 Å². The maximum Gasteiger partial charge on any atom is 0.344 e. The number of hydrogen-bond donors (Lipinski definition) is 1. The highest BCUT2D eigenvalue weighted by atomic mass is 16.4. The highest BCUT2D eigenvalue weighted by molar-refractivity contribution is 6.19. The number of carboxylic acid groups (broad SMARTS) is 1. The number of nitrogens with zero attached hydrogens (tertiary/aromatic N) is 3. The van der Waals surface area contributed by atoms with Crippen LogP contribution in [0.2, 0.25) is 0 Å². The van der Waals surface area contributed by atoms with E-state index in [-0.39, 0.29) is 0 Å². The Labute approximate surface area is 67.8 Å². The van der Waals surface area contributed by atoms with E-state index in [9.17, 15) is 4.79 Å². The third-order valence-electron chi connectivity index (χ3n) is 1.77. The number of hydrogen-bond acceptors (Lipinski definition) is 4. The molecule has 0 aromatic rings. The van der Waals surface area contributed by atoms with E-state index in [1.165, 1.54) is 6.08 Å². The summed E-state index contributed by atoms with van der Waals surface area (Å²) in [6.07, 6.45) is 6.38. The number of rotatable bonds is 1. The zero-order chi connectivity index (χ0) is 8.60. The monoisotopic (exact) mass is 163 g/mol.